The smallest absolute Gasteiger partial charge is 0.423 e. The molecule has 2 aromatic rings. The van der Waals surface area contributed by atoms with Crippen molar-refractivity contribution in [1.82, 2.24) is 14.9 Å². The molecule has 1 saturated heterocycles. The van der Waals surface area contributed by atoms with Crippen LogP contribution in [0.4, 0.5) is 4.79 Å². The normalized spacial score (nSPS) is 16.6. The first-order valence-corrected chi connectivity index (χ1v) is 6.37. The molecule has 0 atom stereocenters. The second-order valence-electron chi connectivity index (χ2n) is 4.62. The molecule has 1 aliphatic rings. The number of aromatic nitrogens is 2. The van der Waals surface area contributed by atoms with Crippen molar-refractivity contribution in [1.29, 1.82) is 0 Å². The molecular weight excluding hydrogens is 246 g/mol. The number of carbonyl (C=O) groups excluding carboxylic acids is 1. The molecule has 6 heteroatoms. The van der Waals surface area contributed by atoms with Gasteiger partial charge in [-0.15, -0.1) is 0 Å². The molecule has 0 spiro atoms. The third-order valence-corrected chi connectivity index (χ3v) is 3.33. The van der Waals surface area contributed by atoms with Crippen LogP contribution in [0.2, 0.25) is 0 Å². The van der Waals surface area contributed by atoms with E-state index in [-0.39, 0.29) is 6.10 Å². The summed E-state index contributed by atoms with van der Waals surface area (Å²) in [5.74, 6) is 0. The van der Waals surface area contributed by atoms with E-state index < -0.39 is 11.8 Å². The molecule has 3 rings (SSSR count). The van der Waals surface area contributed by atoms with E-state index >= 15 is 0 Å². The fourth-order valence-electron chi connectivity index (χ4n) is 2.34. The molecule has 0 aliphatic carbocycles. The molecule has 0 radical (unpaired) electrons. The maximum Gasteiger partial charge on any atom is 0.423 e. The number of aromatic amines is 1. The largest absolute Gasteiger partial charge is 0.445 e. The van der Waals surface area contributed by atoms with Gasteiger partial charge in [0.05, 0.1) is 11.0 Å². The average Bonchev–Trinajstić information content (AvgIpc) is 2.75. The van der Waals surface area contributed by atoms with Gasteiger partial charge in [0.2, 0.25) is 0 Å². The van der Waals surface area contributed by atoms with Crippen LogP contribution in [0.1, 0.15) is 12.8 Å². The Morgan fingerprint density at radius 3 is 2.79 bits per heavy atom. The predicted molar refractivity (Wildman–Crippen MR) is 70.3 cm³/mol. The fourth-order valence-corrected chi connectivity index (χ4v) is 2.34. The first-order valence-electron chi connectivity index (χ1n) is 6.37. The van der Waals surface area contributed by atoms with Gasteiger partial charge in [-0.1, -0.05) is 12.1 Å². The molecule has 2 heterocycles. The summed E-state index contributed by atoms with van der Waals surface area (Å²) in [5, 5.41) is 3.20. The number of rotatable bonds is 1. The van der Waals surface area contributed by atoms with Gasteiger partial charge in [-0.2, -0.15) is 4.57 Å². The summed E-state index contributed by atoms with van der Waals surface area (Å²) < 4.78 is 6.44. The Kier molecular flexibility index (Phi) is 3.08. The summed E-state index contributed by atoms with van der Waals surface area (Å²) in [6.07, 6.45) is 0.842. The van der Waals surface area contributed by atoms with E-state index in [1.54, 1.807) is 24.3 Å². The molecule has 100 valence electrons. The zero-order valence-corrected chi connectivity index (χ0v) is 10.4. The van der Waals surface area contributed by atoms with Gasteiger partial charge >= 0.3 is 11.8 Å². The minimum Gasteiger partial charge on any atom is -0.445 e. The lowest BCUT2D eigenvalue weighted by molar-refractivity contribution is 0.0807. The Hall–Kier alpha value is -2.08. The number of fused-ring (bicyclic) bond motifs is 1. The van der Waals surface area contributed by atoms with Crippen molar-refractivity contribution in [2.75, 3.05) is 13.1 Å². The minimum absolute atomic E-state index is 0.116. The third kappa shape index (κ3) is 2.26. The standard InChI is InChI=1S/C13H15N3O3/c17-12-15-10-3-1-2-4-11(10)16(12)13(18)19-9-5-7-14-8-6-9/h1-4,9,14H,5-8H2,(H,15,17). The van der Waals surface area contributed by atoms with E-state index in [1.165, 1.54) is 0 Å². The first-order chi connectivity index (χ1) is 9.25. The maximum atomic E-state index is 12.1. The number of hydrogen-bond acceptors (Lipinski definition) is 4. The van der Waals surface area contributed by atoms with Crippen molar-refractivity contribution in [3.63, 3.8) is 0 Å². The van der Waals surface area contributed by atoms with Gasteiger partial charge < -0.3 is 15.0 Å². The molecule has 0 saturated carbocycles. The van der Waals surface area contributed by atoms with Crippen LogP contribution < -0.4 is 11.0 Å². The number of ether oxygens (including phenoxy) is 1. The summed E-state index contributed by atoms with van der Waals surface area (Å²) >= 11 is 0. The van der Waals surface area contributed by atoms with Crippen LogP contribution in [0.3, 0.4) is 0 Å². The molecule has 0 bridgehead atoms. The molecule has 1 fully saturated rings. The van der Waals surface area contributed by atoms with E-state index in [0.29, 0.717) is 11.0 Å². The number of imidazole rings is 1. The zero-order valence-electron chi connectivity index (χ0n) is 10.4. The highest BCUT2D eigenvalue weighted by molar-refractivity contribution is 5.86. The van der Waals surface area contributed by atoms with Gasteiger partial charge in [0.1, 0.15) is 6.10 Å². The van der Waals surface area contributed by atoms with E-state index in [2.05, 4.69) is 10.3 Å². The van der Waals surface area contributed by atoms with E-state index in [9.17, 15) is 9.59 Å². The summed E-state index contributed by atoms with van der Waals surface area (Å²) in [6, 6.07) is 7.06. The summed E-state index contributed by atoms with van der Waals surface area (Å²) in [5.41, 5.74) is 0.723. The van der Waals surface area contributed by atoms with Crippen LogP contribution in [0, 0.1) is 0 Å². The Morgan fingerprint density at radius 1 is 1.26 bits per heavy atom. The molecule has 1 aliphatic heterocycles. The number of nitrogens with zero attached hydrogens (tertiary/aromatic N) is 1. The number of nitrogens with one attached hydrogen (secondary N) is 2. The van der Waals surface area contributed by atoms with E-state index in [0.717, 1.165) is 30.5 Å². The van der Waals surface area contributed by atoms with Crippen LogP contribution in [-0.2, 0) is 4.74 Å². The van der Waals surface area contributed by atoms with Crippen LogP contribution in [-0.4, -0.2) is 34.8 Å². The molecule has 1 aromatic heterocycles. The molecular formula is C13H15N3O3. The van der Waals surface area contributed by atoms with Crippen molar-refractivity contribution in [3.05, 3.63) is 34.7 Å². The van der Waals surface area contributed by atoms with Crippen LogP contribution in [0.15, 0.2) is 29.1 Å². The lowest BCUT2D eigenvalue weighted by Gasteiger charge is -2.22. The number of carbonyl (C=O) groups is 1. The maximum absolute atomic E-state index is 12.1. The second kappa shape index (κ2) is 4.89. The van der Waals surface area contributed by atoms with Crippen LogP contribution >= 0.6 is 0 Å². The van der Waals surface area contributed by atoms with Gasteiger partial charge in [0, 0.05) is 0 Å². The summed E-state index contributed by atoms with van der Waals surface area (Å²) in [4.78, 5) is 26.6. The summed E-state index contributed by atoms with van der Waals surface area (Å²) in [7, 11) is 0. The first kappa shape index (κ1) is 12.0. The predicted octanol–water partition coefficient (Wildman–Crippen LogP) is 1.07. The van der Waals surface area contributed by atoms with Gasteiger partial charge in [0.15, 0.2) is 0 Å². The quantitative estimate of drug-likeness (QED) is 0.805. The van der Waals surface area contributed by atoms with Crippen molar-refractivity contribution in [2.24, 2.45) is 0 Å². The highest BCUT2D eigenvalue weighted by Gasteiger charge is 2.21. The number of H-pyrrole nitrogens is 1. The number of benzene rings is 1. The van der Waals surface area contributed by atoms with E-state index in [4.69, 9.17) is 4.74 Å². The number of piperidine rings is 1. The Morgan fingerprint density at radius 2 is 2.00 bits per heavy atom. The average molecular weight is 261 g/mol. The minimum atomic E-state index is -0.602. The van der Waals surface area contributed by atoms with Crippen molar-refractivity contribution >= 4 is 17.1 Å². The molecule has 0 amide bonds. The van der Waals surface area contributed by atoms with Gasteiger partial charge in [0.25, 0.3) is 0 Å². The zero-order chi connectivity index (χ0) is 13.2. The second-order valence-corrected chi connectivity index (χ2v) is 4.62. The topological polar surface area (TPSA) is 76.1 Å². The SMILES string of the molecule is O=C(OC1CCNCC1)n1c(=O)[nH]c2ccccc21. The third-order valence-electron chi connectivity index (χ3n) is 3.33. The van der Waals surface area contributed by atoms with Gasteiger partial charge in [-0.25, -0.2) is 9.59 Å². The van der Waals surface area contributed by atoms with Gasteiger partial charge in [-0.3, -0.25) is 0 Å². The van der Waals surface area contributed by atoms with Crippen molar-refractivity contribution < 1.29 is 9.53 Å². The van der Waals surface area contributed by atoms with Gasteiger partial charge in [-0.05, 0) is 38.1 Å². The Labute approximate surface area is 109 Å². The van der Waals surface area contributed by atoms with Crippen LogP contribution in [0.5, 0.6) is 0 Å². The monoisotopic (exact) mass is 261 g/mol. The lowest BCUT2D eigenvalue weighted by Crippen LogP contribution is -2.36. The highest BCUT2D eigenvalue weighted by Crippen LogP contribution is 2.12. The molecule has 1 aromatic carbocycles. The molecule has 19 heavy (non-hydrogen) atoms. The van der Waals surface area contributed by atoms with E-state index in [1.807, 2.05) is 0 Å². The Balaban J connectivity index is 1.88. The molecule has 2 N–H and O–H groups in total. The molecule has 0 unspecified atom stereocenters. The number of para-hydroxylation sites is 2. The summed E-state index contributed by atoms with van der Waals surface area (Å²) in [6.45, 7) is 1.67. The Bertz CT molecular complexity index is 652. The van der Waals surface area contributed by atoms with Crippen molar-refractivity contribution in [3.8, 4) is 0 Å². The fraction of sp³-hybridized carbons (Fsp3) is 0.385. The number of hydrogen-bond donors (Lipinski definition) is 2. The van der Waals surface area contributed by atoms with Crippen LogP contribution in [0.25, 0.3) is 11.0 Å². The molecule has 6 nitrogen and oxygen atoms in total. The van der Waals surface area contributed by atoms with Crippen molar-refractivity contribution in [2.45, 2.75) is 18.9 Å². The lowest BCUT2D eigenvalue weighted by atomic mass is 10.1. The highest BCUT2D eigenvalue weighted by atomic mass is 16.6.